The fourth-order valence-corrected chi connectivity index (χ4v) is 7.68. The van der Waals surface area contributed by atoms with Crippen molar-refractivity contribution in [1.29, 1.82) is 0 Å². The van der Waals surface area contributed by atoms with Gasteiger partial charge < -0.3 is 0 Å². The molecule has 46 heavy (non-hydrogen) atoms. The van der Waals surface area contributed by atoms with Gasteiger partial charge in [0.1, 0.15) is 0 Å². The molecule has 0 amide bonds. The van der Waals surface area contributed by atoms with E-state index < -0.39 is 5.41 Å². The smallest absolute Gasteiger partial charge is 0.0784 e. The third kappa shape index (κ3) is 3.89. The molecule has 2 nitrogen and oxygen atoms in total. The molecule has 0 atom stereocenters. The predicted molar refractivity (Wildman–Crippen MR) is 194 cm³/mol. The molecule has 1 aliphatic rings. The lowest BCUT2D eigenvalue weighted by atomic mass is 9.75. The molecule has 0 unspecified atom stereocenters. The summed E-state index contributed by atoms with van der Waals surface area (Å²) in [6.45, 7) is 9.29. The van der Waals surface area contributed by atoms with Crippen molar-refractivity contribution in [2.75, 3.05) is 0 Å². The average Bonchev–Trinajstić information content (AvgIpc) is 3.09. The highest BCUT2D eigenvalue weighted by Crippen LogP contribution is 2.45. The lowest BCUT2D eigenvalue weighted by Crippen LogP contribution is -2.23. The largest absolute Gasteiger partial charge is 0.251 e. The SMILES string of the molecule is CC1(C)c2cc(c3ccccc3c2)-c2cc3ccccc3c(n2)C(C)(C)c2cc(cc3ccccc23)-c2nc1cc1ccccc21. The molecule has 2 aromatic heterocycles. The molecule has 6 aromatic carbocycles. The molecule has 8 bridgehead atoms. The molecule has 9 rings (SSSR count). The van der Waals surface area contributed by atoms with Crippen LogP contribution < -0.4 is 0 Å². The van der Waals surface area contributed by atoms with E-state index in [-0.39, 0.29) is 5.41 Å². The molecule has 3 heterocycles. The summed E-state index contributed by atoms with van der Waals surface area (Å²) in [6, 6.07) is 48.9. The van der Waals surface area contributed by atoms with Crippen LogP contribution in [0.15, 0.2) is 133 Å². The van der Waals surface area contributed by atoms with Gasteiger partial charge in [-0.1, -0.05) is 131 Å². The van der Waals surface area contributed by atoms with Crippen LogP contribution in [0.4, 0.5) is 0 Å². The van der Waals surface area contributed by atoms with Gasteiger partial charge in [-0.2, -0.15) is 0 Å². The molecule has 220 valence electrons. The molecule has 0 aliphatic carbocycles. The second-order valence-corrected chi connectivity index (χ2v) is 13.9. The Bertz CT molecular complexity index is 2360. The normalized spacial score (nSPS) is 14.9. The molecule has 8 aromatic rings. The van der Waals surface area contributed by atoms with Crippen molar-refractivity contribution in [3.63, 3.8) is 0 Å². The first-order valence-electron chi connectivity index (χ1n) is 16.2. The number of pyridine rings is 2. The Labute approximate surface area is 269 Å². The fraction of sp³-hybridized carbons (Fsp3) is 0.136. The van der Waals surface area contributed by atoms with Crippen molar-refractivity contribution >= 4 is 43.1 Å². The summed E-state index contributed by atoms with van der Waals surface area (Å²) in [6.07, 6.45) is 0. The monoisotopic (exact) mass is 590 g/mol. The van der Waals surface area contributed by atoms with Gasteiger partial charge in [-0.15, -0.1) is 0 Å². The van der Waals surface area contributed by atoms with E-state index in [2.05, 4.69) is 161 Å². The number of nitrogens with zero attached hydrogens (tertiary/aromatic N) is 2. The summed E-state index contributed by atoms with van der Waals surface area (Å²) >= 11 is 0. The molecule has 1 aliphatic heterocycles. The zero-order chi connectivity index (χ0) is 31.2. The van der Waals surface area contributed by atoms with Gasteiger partial charge in [0.15, 0.2) is 0 Å². The molecule has 0 saturated heterocycles. The zero-order valence-corrected chi connectivity index (χ0v) is 26.6. The first kappa shape index (κ1) is 27.0. The maximum absolute atomic E-state index is 5.64. The van der Waals surface area contributed by atoms with Gasteiger partial charge in [-0.25, -0.2) is 0 Å². The van der Waals surface area contributed by atoms with Gasteiger partial charge in [0, 0.05) is 32.7 Å². The quantitative estimate of drug-likeness (QED) is 0.176. The number of benzene rings is 6. The molecule has 2 heteroatoms. The third-order valence-electron chi connectivity index (χ3n) is 10.4. The van der Waals surface area contributed by atoms with Crippen LogP contribution in [0.3, 0.4) is 0 Å². The van der Waals surface area contributed by atoms with Crippen LogP contribution in [0.1, 0.15) is 50.2 Å². The van der Waals surface area contributed by atoms with Crippen LogP contribution in [0.25, 0.3) is 65.6 Å². The number of hydrogen-bond acceptors (Lipinski definition) is 2. The number of hydrogen-bond donors (Lipinski definition) is 0. The predicted octanol–water partition coefficient (Wildman–Crippen LogP) is 11.4. The third-order valence-corrected chi connectivity index (χ3v) is 10.4. The molecule has 0 saturated carbocycles. The first-order valence-corrected chi connectivity index (χ1v) is 16.2. The van der Waals surface area contributed by atoms with Gasteiger partial charge in [-0.3, -0.25) is 9.97 Å². The van der Waals surface area contributed by atoms with E-state index in [1.54, 1.807) is 0 Å². The lowest BCUT2D eigenvalue weighted by Gasteiger charge is -2.31. The lowest BCUT2D eigenvalue weighted by molar-refractivity contribution is 0.619. The summed E-state index contributed by atoms with van der Waals surface area (Å²) < 4.78 is 0. The number of aromatic nitrogens is 2. The van der Waals surface area contributed by atoms with Crippen LogP contribution >= 0.6 is 0 Å². The molecular weight excluding hydrogens is 556 g/mol. The van der Waals surface area contributed by atoms with Crippen LogP contribution in [-0.4, -0.2) is 9.97 Å². The van der Waals surface area contributed by atoms with E-state index >= 15 is 0 Å². The summed E-state index contributed by atoms with van der Waals surface area (Å²) in [5.74, 6) is 0. The Morgan fingerprint density at radius 3 is 1.74 bits per heavy atom. The average molecular weight is 591 g/mol. The highest BCUT2D eigenvalue weighted by molar-refractivity contribution is 6.02. The van der Waals surface area contributed by atoms with Crippen molar-refractivity contribution < 1.29 is 0 Å². The number of fused-ring (bicyclic) bond motifs is 18. The summed E-state index contributed by atoms with van der Waals surface area (Å²) in [5.41, 5.74) is 8.13. The summed E-state index contributed by atoms with van der Waals surface area (Å²) in [7, 11) is 0. The highest BCUT2D eigenvalue weighted by Gasteiger charge is 2.32. The van der Waals surface area contributed by atoms with E-state index in [4.69, 9.17) is 9.97 Å². The zero-order valence-electron chi connectivity index (χ0n) is 26.6. The summed E-state index contributed by atoms with van der Waals surface area (Å²) in [4.78, 5) is 11.2. The molecule has 0 N–H and O–H groups in total. The van der Waals surface area contributed by atoms with E-state index in [9.17, 15) is 0 Å². The van der Waals surface area contributed by atoms with Gasteiger partial charge in [0.25, 0.3) is 0 Å². The Morgan fingerprint density at radius 2 is 1.02 bits per heavy atom. The highest BCUT2D eigenvalue weighted by atomic mass is 14.8. The van der Waals surface area contributed by atoms with Gasteiger partial charge in [0.2, 0.25) is 0 Å². The van der Waals surface area contributed by atoms with Crippen molar-refractivity contribution in [3.8, 4) is 22.5 Å². The minimum atomic E-state index is -0.421. The van der Waals surface area contributed by atoms with E-state index in [0.717, 1.165) is 39.3 Å². The topological polar surface area (TPSA) is 25.8 Å². The second-order valence-electron chi connectivity index (χ2n) is 13.9. The standard InChI is InChI=1S/C44H34N2/c1-43(2)32-22-28-14-5-9-17-33(28)37(26-32)39-24-29-15-8-12-20-36(29)42(45-39)44(3,4)38-23-31(21-27-13-6-10-18-34(27)38)41-35-19-11-7-16-30(35)25-40(43)46-41/h5-26H,1-4H3. The van der Waals surface area contributed by atoms with Crippen molar-refractivity contribution in [1.82, 2.24) is 9.97 Å². The molecule has 0 fully saturated rings. The van der Waals surface area contributed by atoms with Crippen molar-refractivity contribution in [2.45, 2.75) is 38.5 Å². The fourth-order valence-electron chi connectivity index (χ4n) is 7.68. The minimum absolute atomic E-state index is 0.375. The van der Waals surface area contributed by atoms with E-state index in [1.165, 1.54) is 48.8 Å². The molecule has 0 spiro atoms. The van der Waals surface area contributed by atoms with Gasteiger partial charge >= 0.3 is 0 Å². The first-order chi connectivity index (χ1) is 22.3. The Kier molecular flexibility index (Phi) is 5.63. The van der Waals surface area contributed by atoms with E-state index in [1.807, 2.05) is 0 Å². The van der Waals surface area contributed by atoms with Crippen LogP contribution in [0.5, 0.6) is 0 Å². The van der Waals surface area contributed by atoms with Crippen LogP contribution in [-0.2, 0) is 10.8 Å². The Morgan fingerprint density at radius 1 is 0.457 bits per heavy atom. The maximum atomic E-state index is 5.64. The van der Waals surface area contributed by atoms with Crippen LogP contribution in [0.2, 0.25) is 0 Å². The van der Waals surface area contributed by atoms with Crippen molar-refractivity contribution in [2.24, 2.45) is 0 Å². The Balaban J connectivity index is 1.52. The Hall–Kier alpha value is -5.34. The maximum Gasteiger partial charge on any atom is 0.0784 e. The second kappa shape index (κ2) is 9.58. The van der Waals surface area contributed by atoms with E-state index in [0.29, 0.717) is 0 Å². The van der Waals surface area contributed by atoms with Crippen molar-refractivity contribution in [3.05, 3.63) is 156 Å². The minimum Gasteiger partial charge on any atom is -0.251 e. The number of rotatable bonds is 0. The van der Waals surface area contributed by atoms with Gasteiger partial charge in [0.05, 0.1) is 22.8 Å². The molecule has 0 radical (unpaired) electrons. The molecular formula is C44H34N2. The van der Waals surface area contributed by atoms with Gasteiger partial charge in [-0.05, 0) is 73.8 Å². The summed E-state index contributed by atoms with van der Waals surface area (Å²) in [5, 5.41) is 9.63. The van der Waals surface area contributed by atoms with Crippen LogP contribution in [0, 0.1) is 0 Å².